The maximum absolute atomic E-state index is 11.9. The molecule has 0 spiro atoms. The van der Waals surface area contributed by atoms with Crippen LogP contribution in [0.2, 0.25) is 0 Å². The van der Waals surface area contributed by atoms with Crippen molar-refractivity contribution in [3.63, 3.8) is 0 Å². The van der Waals surface area contributed by atoms with Crippen molar-refractivity contribution in [3.05, 3.63) is 35.9 Å². The highest BCUT2D eigenvalue weighted by molar-refractivity contribution is 5.67. The van der Waals surface area contributed by atoms with Crippen LogP contribution in [0, 0.1) is 0 Å². The Kier molecular flexibility index (Phi) is 9.44. The summed E-state index contributed by atoms with van der Waals surface area (Å²) in [6.45, 7) is 5.85. The fraction of sp³-hybridized carbons (Fsp3) is 0.680. The lowest BCUT2D eigenvalue weighted by Gasteiger charge is -2.57. The van der Waals surface area contributed by atoms with E-state index in [1.54, 1.807) is 13.8 Å². The quantitative estimate of drug-likeness (QED) is 0.428. The van der Waals surface area contributed by atoms with Crippen molar-refractivity contribution in [1.29, 1.82) is 0 Å². The zero-order valence-electron chi connectivity index (χ0n) is 21.8. The average Bonchev–Trinajstić information content (AvgIpc) is 2.86. The van der Waals surface area contributed by atoms with E-state index in [0.29, 0.717) is 0 Å². The molecule has 0 aliphatic carbocycles. The minimum atomic E-state index is -1.38. The molecule has 0 saturated carbocycles. The molecule has 8 atom stereocenters. The maximum atomic E-state index is 11.9. The normalized spacial score (nSPS) is 34.9. The van der Waals surface area contributed by atoms with Crippen LogP contribution >= 0.6 is 0 Å². The third kappa shape index (κ3) is 6.05. The highest BCUT2D eigenvalue weighted by atomic mass is 16.8. The third-order valence-electron chi connectivity index (χ3n) is 6.51. The third-order valence-corrected chi connectivity index (χ3v) is 6.51. The largest absolute Gasteiger partial charge is 0.462 e. The van der Waals surface area contributed by atoms with Crippen molar-refractivity contribution in [2.45, 2.75) is 82.7 Å². The summed E-state index contributed by atoms with van der Waals surface area (Å²) in [7, 11) is 4.41. The lowest BCUT2D eigenvalue weighted by molar-refractivity contribution is -0.483. The van der Waals surface area contributed by atoms with Crippen molar-refractivity contribution in [1.82, 2.24) is 0 Å². The van der Waals surface area contributed by atoms with Crippen molar-refractivity contribution < 1.29 is 52.2 Å². The highest BCUT2D eigenvalue weighted by Gasteiger charge is 2.64. The summed E-state index contributed by atoms with van der Waals surface area (Å²) >= 11 is 0. The molecule has 1 aromatic rings. The second-order valence-electron chi connectivity index (χ2n) is 8.88. The minimum Gasteiger partial charge on any atom is -0.462 e. The summed E-state index contributed by atoms with van der Waals surface area (Å²) < 4.78 is 53.0. The standard InChI is InChI=1S/C25H36O11/c1-15(26)31-14-18(33-16(2)27)19-20-21(36-25(4,30-7)24(3,29-6)35-20)22(23(28-5)34-19)32-13-17-11-9-8-10-12-17/h8-12,18-23H,13-14H2,1-7H3/t18-,19+,20+,21-,22-,23-,24-,25-/m0/s1. The first-order valence-electron chi connectivity index (χ1n) is 11.7. The van der Waals surface area contributed by atoms with Crippen LogP contribution in [0.5, 0.6) is 0 Å². The van der Waals surface area contributed by atoms with Crippen LogP contribution in [0.1, 0.15) is 33.3 Å². The second-order valence-corrected chi connectivity index (χ2v) is 8.88. The lowest BCUT2D eigenvalue weighted by Crippen LogP contribution is -2.74. The van der Waals surface area contributed by atoms with Crippen LogP contribution in [0.4, 0.5) is 0 Å². The SMILES string of the molecule is CO[C@H]1O[C@H]([C@H](COC(C)=O)OC(C)=O)[C@H]2O[C@](C)(OC)[C@@](C)(OC)O[C@@H]2[C@@H]1OCc1ccccc1. The number of methoxy groups -OCH3 is 3. The van der Waals surface area contributed by atoms with E-state index in [4.69, 9.17) is 42.6 Å². The van der Waals surface area contributed by atoms with Gasteiger partial charge in [-0.25, -0.2) is 0 Å². The van der Waals surface area contributed by atoms with E-state index in [0.717, 1.165) is 5.56 Å². The molecule has 3 rings (SSSR count). The molecule has 11 heteroatoms. The number of carbonyl (C=O) groups excluding carboxylic acids is 2. The molecule has 2 heterocycles. The number of benzene rings is 1. The maximum Gasteiger partial charge on any atom is 0.303 e. The molecule has 2 aliphatic heterocycles. The number of rotatable bonds is 10. The van der Waals surface area contributed by atoms with E-state index in [9.17, 15) is 9.59 Å². The first-order chi connectivity index (χ1) is 17.1. The smallest absolute Gasteiger partial charge is 0.303 e. The molecule has 1 aromatic carbocycles. The van der Waals surface area contributed by atoms with Crippen LogP contribution in [0.15, 0.2) is 30.3 Å². The number of carbonyl (C=O) groups is 2. The Balaban J connectivity index is 1.98. The fourth-order valence-electron chi connectivity index (χ4n) is 4.34. The van der Waals surface area contributed by atoms with Gasteiger partial charge in [-0.05, 0) is 19.4 Å². The van der Waals surface area contributed by atoms with E-state index in [1.807, 2.05) is 30.3 Å². The van der Waals surface area contributed by atoms with E-state index in [-0.39, 0.29) is 13.2 Å². The topological polar surface area (TPSA) is 117 Å². The highest BCUT2D eigenvalue weighted by Crippen LogP contribution is 2.45. The summed E-state index contributed by atoms with van der Waals surface area (Å²) in [4.78, 5) is 23.4. The number of hydrogen-bond donors (Lipinski definition) is 0. The van der Waals surface area contributed by atoms with Crippen molar-refractivity contribution in [2.24, 2.45) is 0 Å². The summed E-state index contributed by atoms with van der Waals surface area (Å²) in [6.07, 6.45) is -5.38. The van der Waals surface area contributed by atoms with Gasteiger partial charge in [-0.15, -0.1) is 0 Å². The number of ether oxygens (including phenoxy) is 9. The van der Waals surface area contributed by atoms with E-state index in [2.05, 4.69) is 0 Å². The Labute approximate surface area is 211 Å². The first-order valence-corrected chi connectivity index (χ1v) is 11.7. The van der Waals surface area contributed by atoms with Crippen LogP contribution in [-0.2, 0) is 58.8 Å². The molecule has 2 fully saturated rings. The predicted molar refractivity (Wildman–Crippen MR) is 123 cm³/mol. The van der Waals surface area contributed by atoms with E-state index >= 15 is 0 Å². The van der Waals surface area contributed by atoms with Crippen LogP contribution in [0.25, 0.3) is 0 Å². The summed E-state index contributed by atoms with van der Waals surface area (Å²) in [5.74, 6) is -3.85. The van der Waals surface area contributed by atoms with Gasteiger partial charge in [0.05, 0.1) is 6.61 Å². The molecule has 0 N–H and O–H groups in total. The Morgan fingerprint density at radius 2 is 1.56 bits per heavy atom. The van der Waals surface area contributed by atoms with Crippen LogP contribution in [0.3, 0.4) is 0 Å². The number of hydrogen-bond acceptors (Lipinski definition) is 11. The van der Waals surface area contributed by atoms with Gasteiger partial charge in [0.2, 0.25) is 11.6 Å². The Hall–Kier alpha value is -2.12. The van der Waals surface area contributed by atoms with Gasteiger partial charge in [0, 0.05) is 35.2 Å². The van der Waals surface area contributed by atoms with Gasteiger partial charge in [-0.2, -0.15) is 0 Å². The summed E-state index contributed by atoms with van der Waals surface area (Å²) in [6, 6.07) is 9.60. The van der Waals surface area contributed by atoms with Gasteiger partial charge < -0.3 is 42.6 Å². The van der Waals surface area contributed by atoms with Gasteiger partial charge in [0.1, 0.15) is 31.0 Å². The average molecular weight is 513 g/mol. The van der Waals surface area contributed by atoms with Gasteiger partial charge in [0.15, 0.2) is 12.4 Å². The molecule has 11 nitrogen and oxygen atoms in total. The number of esters is 2. The molecule has 202 valence electrons. The zero-order chi connectivity index (χ0) is 26.5. The van der Waals surface area contributed by atoms with Gasteiger partial charge in [-0.3, -0.25) is 9.59 Å². The van der Waals surface area contributed by atoms with Crippen LogP contribution < -0.4 is 0 Å². The fourth-order valence-corrected chi connectivity index (χ4v) is 4.34. The van der Waals surface area contributed by atoms with Gasteiger partial charge >= 0.3 is 11.9 Å². The Morgan fingerprint density at radius 1 is 0.944 bits per heavy atom. The van der Waals surface area contributed by atoms with Crippen molar-refractivity contribution >= 4 is 11.9 Å². The second kappa shape index (κ2) is 12.0. The molecule has 0 bridgehead atoms. The van der Waals surface area contributed by atoms with Crippen molar-refractivity contribution in [3.8, 4) is 0 Å². The molecular formula is C25H36O11. The molecule has 2 saturated heterocycles. The molecule has 0 amide bonds. The summed E-state index contributed by atoms with van der Waals surface area (Å²) in [5.41, 5.74) is 0.937. The van der Waals surface area contributed by atoms with Crippen LogP contribution in [-0.4, -0.2) is 88.3 Å². The monoisotopic (exact) mass is 512 g/mol. The molecule has 0 aromatic heterocycles. The molecular weight excluding hydrogens is 476 g/mol. The molecule has 0 unspecified atom stereocenters. The van der Waals surface area contributed by atoms with E-state index < -0.39 is 60.3 Å². The van der Waals surface area contributed by atoms with Gasteiger partial charge in [0.25, 0.3) is 0 Å². The zero-order valence-corrected chi connectivity index (χ0v) is 21.8. The van der Waals surface area contributed by atoms with Crippen molar-refractivity contribution in [2.75, 3.05) is 27.9 Å². The molecule has 0 radical (unpaired) electrons. The minimum absolute atomic E-state index is 0.248. The van der Waals surface area contributed by atoms with E-state index in [1.165, 1.54) is 35.2 Å². The lowest BCUT2D eigenvalue weighted by atomic mass is 9.91. The first kappa shape index (κ1) is 28.5. The van der Waals surface area contributed by atoms with Gasteiger partial charge in [-0.1, -0.05) is 30.3 Å². The predicted octanol–water partition coefficient (Wildman–Crippen LogP) is 1.95. The molecule has 36 heavy (non-hydrogen) atoms. The summed E-state index contributed by atoms with van der Waals surface area (Å²) in [5, 5.41) is 0. The Bertz CT molecular complexity index is 880. The molecule has 2 aliphatic rings. The number of fused-ring (bicyclic) bond motifs is 1. The Morgan fingerprint density at radius 3 is 2.08 bits per heavy atom.